The van der Waals surface area contributed by atoms with Crippen LogP contribution in [-0.2, 0) is 9.59 Å². The number of carbonyl (C=O) groups is 2. The van der Waals surface area contributed by atoms with Gasteiger partial charge in [-0.1, -0.05) is 19.1 Å². The first-order chi connectivity index (χ1) is 12.4. The monoisotopic (exact) mass is 353 g/mol. The molecule has 136 valence electrons. The summed E-state index contributed by atoms with van der Waals surface area (Å²) in [7, 11) is 0. The third-order valence-corrected chi connectivity index (χ3v) is 4.68. The number of piperidine rings is 1. The number of phenols is 1. The molecule has 1 aliphatic rings. The third kappa shape index (κ3) is 4.02. The average molecular weight is 353 g/mol. The van der Waals surface area contributed by atoms with Crippen LogP contribution in [0.15, 0.2) is 42.7 Å². The van der Waals surface area contributed by atoms with Crippen molar-refractivity contribution < 1.29 is 14.7 Å². The van der Waals surface area contributed by atoms with Crippen LogP contribution >= 0.6 is 0 Å². The van der Waals surface area contributed by atoms with Crippen molar-refractivity contribution in [3.8, 4) is 5.75 Å². The lowest BCUT2D eigenvalue weighted by Gasteiger charge is -2.38. The first-order valence-corrected chi connectivity index (χ1v) is 8.76. The number of hydrogen-bond acceptors (Lipinski definition) is 4. The number of aryl methyl sites for hydroxylation is 1. The summed E-state index contributed by atoms with van der Waals surface area (Å²) in [6.45, 7) is 4.48. The van der Waals surface area contributed by atoms with Crippen molar-refractivity contribution in [3.05, 3.63) is 53.9 Å². The minimum Gasteiger partial charge on any atom is -0.508 e. The number of nitrogens with one attached hydrogen (secondary N) is 1. The molecule has 6 nitrogen and oxygen atoms in total. The summed E-state index contributed by atoms with van der Waals surface area (Å²) in [5.74, 6) is -0.687. The molecule has 1 aliphatic heterocycles. The van der Waals surface area contributed by atoms with Crippen molar-refractivity contribution >= 4 is 17.5 Å². The van der Waals surface area contributed by atoms with E-state index in [0.29, 0.717) is 18.2 Å². The quantitative estimate of drug-likeness (QED) is 0.813. The Hall–Kier alpha value is -2.89. The highest BCUT2D eigenvalue weighted by Gasteiger charge is 2.34. The van der Waals surface area contributed by atoms with Crippen LogP contribution in [-0.4, -0.2) is 33.3 Å². The van der Waals surface area contributed by atoms with Gasteiger partial charge in [-0.3, -0.25) is 14.6 Å². The summed E-state index contributed by atoms with van der Waals surface area (Å²) >= 11 is 0. The SMILES string of the molecule is Cc1cncc(NC(=O)C(=O)N2C[C@@H](C)CC[C@@H]2c2ccc(O)cc2)c1. The Bertz CT molecular complexity index is 804. The molecule has 26 heavy (non-hydrogen) atoms. The standard InChI is InChI=1S/C20H23N3O3/c1-13-3-8-18(15-4-6-17(24)7-5-15)23(12-13)20(26)19(25)22-16-9-14(2)10-21-11-16/h4-7,9-11,13,18,24H,3,8,12H2,1-2H3,(H,22,25)/t13-,18+/m0/s1. The van der Waals surface area contributed by atoms with Gasteiger partial charge in [0.15, 0.2) is 0 Å². The zero-order chi connectivity index (χ0) is 18.7. The second-order valence-electron chi connectivity index (χ2n) is 6.95. The molecule has 0 unspecified atom stereocenters. The van der Waals surface area contributed by atoms with Crippen molar-refractivity contribution in [2.24, 2.45) is 5.92 Å². The number of benzene rings is 1. The second kappa shape index (κ2) is 7.56. The van der Waals surface area contributed by atoms with Crippen LogP contribution in [0.4, 0.5) is 5.69 Å². The maximum atomic E-state index is 12.8. The molecule has 0 saturated carbocycles. The highest BCUT2D eigenvalue weighted by atomic mass is 16.3. The topological polar surface area (TPSA) is 82.5 Å². The molecule has 0 radical (unpaired) electrons. The lowest BCUT2D eigenvalue weighted by Crippen LogP contribution is -2.46. The van der Waals surface area contributed by atoms with Crippen LogP contribution in [0.1, 0.15) is 36.9 Å². The number of pyridine rings is 1. The summed E-state index contributed by atoms with van der Waals surface area (Å²) in [6.07, 6.45) is 4.98. The summed E-state index contributed by atoms with van der Waals surface area (Å²) in [5.41, 5.74) is 2.34. The van der Waals surface area contributed by atoms with Crippen molar-refractivity contribution in [1.29, 1.82) is 0 Å². The Morgan fingerprint density at radius 3 is 2.62 bits per heavy atom. The van der Waals surface area contributed by atoms with E-state index in [1.807, 2.05) is 6.92 Å². The molecule has 2 aromatic rings. The summed E-state index contributed by atoms with van der Waals surface area (Å²) < 4.78 is 0. The molecule has 1 aromatic carbocycles. The molecular weight excluding hydrogens is 330 g/mol. The van der Waals surface area contributed by atoms with Crippen LogP contribution in [0.3, 0.4) is 0 Å². The van der Waals surface area contributed by atoms with Crippen LogP contribution in [0.5, 0.6) is 5.75 Å². The Kier molecular flexibility index (Phi) is 5.21. The molecule has 0 spiro atoms. The van der Waals surface area contributed by atoms with Gasteiger partial charge >= 0.3 is 11.8 Å². The normalized spacial score (nSPS) is 19.8. The number of rotatable bonds is 2. The Morgan fingerprint density at radius 2 is 1.92 bits per heavy atom. The van der Waals surface area contributed by atoms with Crippen LogP contribution in [0.25, 0.3) is 0 Å². The van der Waals surface area contributed by atoms with E-state index in [1.165, 1.54) is 6.20 Å². The van der Waals surface area contributed by atoms with Crippen LogP contribution in [0, 0.1) is 12.8 Å². The predicted octanol–water partition coefficient (Wildman–Crippen LogP) is 3.03. The Morgan fingerprint density at radius 1 is 1.19 bits per heavy atom. The van der Waals surface area contributed by atoms with Gasteiger partial charge in [0.1, 0.15) is 5.75 Å². The molecule has 6 heteroatoms. The molecule has 1 aromatic heterocycles. The van der Waals surface area contributed by atoms with Gasteiger partial charge in [-0.05, 0) is 55.0 Å². The first-order valence-electron chi connectivity index (χ1n) is 8.76. The maximum Gasteiger partial charge on any atom is 0.313 e. The molecule has 2 N–H and O–H groups in total. The van der Waals surface area contributed by atoms with E-state index < -0.39 is 11.8 Å². The van der Waals surface area contributed by atoms with Crippen molar-refractivity contribution in [1.82, 2.24) is 9.88 Å². The van der Waals surface area contributed by atoms with Gasteiger partial charge in [0.2, 0.25) is 0 Å². The highest BCUT2D eigenvalue weighted by Crippen LogP contribution is 2.34. The van der Waals surface area contributed by atoms with Crippen LogP contribution in [0.2, 0.25) is 0 Å². The molecule has 1 saturated heterocycles. The fourth-order valence-electron chi connectivity index (χ4n) is 3.36. The molecular formula is C20H23N3O3. The van der Waals surface area contributed by atoms with Gasteiger partial charge < -0.3 is 15.3 Å². The van der Waals surface area contributed by atoms with Gasteiger partial charge in [0, 0.05) is 12.7 Å². The van der Waals surface area contributed by atoms with E-state index in [0.717, 1.165) is 24.0 Å². The average Bonchev–Trinajstić information content (AvgIpc) is 2.62. The molecule has 2 atom stereocenters. The molecule has 1 fully saturated rings. The van der Waals surface area contributed by atoms with Crippen molar-refractivity contribution in [2.75, 3.05) is 11.9 Å². The number of nitrogens with zero attached hydrogens (tertiary/aromatic N) is 2. The molecule has 3 rings (SSSR count). The minimum atomic E-state index is -0.657. The van der Waals surface area contributed by atoms with Gasteiger partial charge in [-0.15, -0.1) is 0 Å². The number of aromatic nitrogens is 1. The number of likely N-dealkylation sites (tertiary alicyclic amines) is 1. The van der Waals surface area contributed by atoms with Gasteiger partial charge in [0.05, 0.1) is 17.9 Å². The molecule has 0 bridgehead atoms. The second-order valence-corrected chi connectivity index (χ2v) is 6.95. The summed E-state index contributed by atoms with van der Waals surface area (Å²) in [5, 5.41) is 12.1. The number of carbonyl (C=O) groups excluding carboxylic acids is 2. The number of aromatic hydroxyl groups is 1. The first kappa shape index (κ1) is 17.9. The van der Waals surface area contributed by atoms with Gasteiger partial charge in [-0.25, -0.2) is 0 Å². The van der Waals surface area contributed by atoms with E-state index >= 15 is 0 Å². The fraction of sp³-hybridized carbons (Fsp3) is 0.350. The van der Waals surface area contributed by atoms with E-state index in [-0.39, 0.29) is 11.8 Å². The number of anilines is 1. The highest BCUT2D eigenvalue weighted by molar-refractivity contribution is 6.39. The van der Waals surface area contributed by atoms with E-state index in [2.05, 4.69) is 17.2 Å². The Balaban J connectivity index is 1.79. The largest absolute Gasteiger partial charge is 0.508 e. The Labute approximate surface area is 152 Å². The van der Waals surface area contributed by atoms with Gasteiger partial charge in [0.25, 0.3) is 0 Å². The number of phenolic OH excluding ortho intramolecular Hbond substituents is 1. The van der Waals surface area contributed by atoms with Crippen LogP contribution < -0.4 is 5.32 Å². The third-order valence-electron chi connectivity index (χ3n) is 4.68. The zero-order valence-electron chi connectivity index (χ0n) is 15.0. The molecule has 2 amide bonds. The number of amides is 2. The summed E-state index contributed by atoms with van der Waals surface area (Å²) in [4.78, 5) is 31.0. The lowest BCUT2D eigenvalue weighted by molar-refractivity contribution is -0.146. The van der Waals surface area contributed by atoms with E-state index in [9.17, 15) is 14.7 Å². The zero-order valence-corrected chi connectivity index (χ0v) is 15.0. The predicted molar refractivity (Wildman–Crippen MR) is 98.6 cm³/mol. The lowest BCUT2D eigenvalue weighted by atomic mass is 9.90. The minimum absolute atomic E-state index is 0.166. The fourth-order valence-corrected chi connectivity index (χ4v) is 3.36. The summed E-state index contributed by atoms with van der Waals surface area (Å²) in [6, 6.07) is 8.43. The molecule has 0 aliphatic carbocycles. The molecule has 2 heterocycles. The van der Waals surface area contributed by atoms with E-state index in [1.54, 1.807) is 41.4 Å². The van der Waals surface area contributed by atoms with Crippen molar-refractivity contribution in [3.63, 3.8) is 0 Å². The van der Waals surface area contributed by atoms with Crippen molar-refractivity contribution in [2.45, 2.75) is 32.7 Å². The smallest absolute Gasteiger partial charge is 0.313 e. The number of hydrogen-bond donors (Lipinski definition) is 2. The van der Waals surface area contributed by atoms with Gasteiger partial charge in [-0.2, -0.15) is 0 Å². The van der Waals surface area contributed by atoms with E-state index in [4.69, 9.17) is 0 Å². The maximum absolute atomic E-state index is 12.8.